The fourth-order valence-electron chi connectivity index (χ4n) is 3.64. The van der Waals surface area contributed by atoms with E-state index in [9.17, 15) is 14.4 Å². The van der Waals surface area contributed by atoms with Gasteiger partial charge in [0.2, 0.25) is 11.8 Å². The number of carbonyl (C=O) groups excluding carboxylic acids is 3. The first-order chi connectivity index (χ1) is 14.0. The fraction of sp³-hybridized carbons (Fsp3) is 0.375. The Morgan fingerprint density at radius 3 is 2.37 bits per heavy atom. The van der Waals surface area contributed by atoms with Crippen LogP contribution in [0.15, 0.2) is 42.5 Å². The minimum Gasteiger partial charge on any atom is -0.318 e. The lowest BCUT2D eigenvalue weighted by atomic mass is 9.94. The van der Waals surface area contributed by atoms with Gasteiger partial charge in [0.25, 0.3) is 0 Å². The van der Waals surface area contributed by atoms with Crippen molar-refractivity contribution in [1.29, 1.82) is 0 Å². The summed E-state index contributed by atoms with van der Waals surface area (Å²) >= 11 is 0. The van der Waals surface area contributed by atoms with Crippen LogP contribution < -0.4 is 15.5 Å². The average Bonchev–Trinajstić information content (AvgIpc) is 2.77. The number of benzene rings is 2. The van der Waals surface area contributed by atoms with Gasteiger partial charge in [-0.25, -0.2) is 0 Å². The maximum atomic E-state index is 13.2. The van der Waals surface area contributed by atoms with E-state index in [2.05, 4.69) is 0 Å². The van der Waals surface area contributed by atoms with Crippen molar-refractivity contribution in [3.8, 4) is 0 Å². The predicted octanol–water partition coefficient (Wildman–Crippen LogP) is 3.24. The third kappa shape index (κ3) is 4.14. The predicted molar refractivity (Wildman–Crippen MR) is 119 cm³/mol. The molecule has 0 aromatic heterocycles. The molecular weight excluding hydrogens is 378 g/mol. The molecule has 0 aliphatic carbocycles. The molecule has 6 nitrogen and oxygen atoms in total. The first-order valence-corrected chi connectivity index (χ1v) is 10.1. The molecule has 2 aromatic carbocycles. The van der Waals surface area contributed by atoms with E-state index in [0.29, 0.717) is 16.9 Å². The molecule has 3 rings (SSSR count). The number of anilines is 2. The van der Waals surface area contributed by atoms with E-state index in [1.54, 1.807) is 17.0 Å². The van der Waals surface area contributed by atoms with Gasteiger partial charge in [-0.05, 0) is 37.1 Å². The molecule has 2 amide bonds. The highest BCUT2D eigenvalue weighted by Gasteiger charge is 2.38. The zero-order chi connectivity index (χ0) is 22.2. The summed E-state index contributed by atoms with van der Waals surface area (Å²) in [6.07, 6.45) is 0. The van der Waals surface area contributed by atoms with Crippen LogP contribution in [0.1, 0.15) is 42.3 Å². The first kappa shape index (κ1) is 21.7. The van der Waals surface area contributed by atoms with Crippen molar-refractivity contribution >= 4 is 29.0 Å². The van der Waals surface area contributed by atoms with E-state index in [4.69, 9.17) is 5.73 Å². The molecule has 1 aliphatic rings. The van der Waals surface area contributed by atoms with Crippen LogP contribution in [0, 0.1) is 19.3 Å². The zero-order valence-corrected chi connectivity index (χ0v) is 18.2. The first-order valence-electron chi connectivity index (χ1n) is 10.1. The Kier molecular flexibility index (Phi) is 5.81. The lowest BCUT2D eigenvalue weighted by molar-refractivity contribution is -0.125. The maximum absolute atomic E-state index is 13.2. The third-order valence-corrected chi connectivity index (χ3v) is 5.31. The van der Waals surface area contributed by atoms with E-state index in [-0.39, 0.29) is 30.7 Å². The van der Waals surface area contributed by atoms with Crippen LogP contribution in [0.2, 0.25) is 0 Å². The van der Waals surface area contributed by atoms with E-state index >= 15 is 0 Å². The Bertz CT molecular complexity index is 1010. The molecule has 0 spiro atoms. The standard InChI is InChI=1S/C24H29N3O3/c1-15-10-11-19-20(12-15)26(14-21(28)17-9-7-6-8-16(17)2)22(29)18(25)13-27(19)23(30)24(3,4)5/h6-12,18H,13-14,25H2,1-5H3. The number of Topliss-reactive ketones (excluding diaryl/α,β-unsaturated/α-hetero) is 1. The van der Waals surface area contributed by atoms with Crippen molar-refractivity contribution in [2.45, 2.75) is 40.7 Å². The minimum absolute atomic E-state index is 0.0695. The molecule has 1 aliphatic heterocycles. The Morgan fingerprint density at radius 2 is 1.73 bits per heavy atom. The molecule has 1 heterocycles. The number of fused-ring (bicyclic) bond motifs is 1. The SMILES string of the molecule is Cc1ccc2c(c1)N(CC(=O)c1ccccc1C)C(=O)C(N)CN2C(=O)C(C)(C)C. The van der Waals surface area contributed by atoms with Crippen LogP contribution in [-0.4, -0.2) is 36.7 Å². The van der Waals surface area contributed by atoms with Gasteiger partial charge in [-0.2, -0.15) is 0 Å². The van der Waals surface area contributed by atoms with Crippen molar-refractivity contribution in [3.05, 3.63) is 59.2 Å². The van der Waals surface area contributed by atoms with Crippen LogP contribution in [0.5, 0.6) is 0 Å². The van der Waals surface area contributed by atoms with Gasteiger partial charge in [0.15, 0.2) is 5.78 Å². The van der Waals surface area contributed by atoms with Crippen LogP contribution in [0.4, 0.5) is 11.4 Å². The van der Waals surface area contributed by atoms with Crippen molar-refractivity contribution in [1.82, 2.24) is 0 Å². The summed E-state index contributed by atoms with van der Waals surface area (Å²) in [7, 11) is 0. The molecular formula is C24H29N3O3. The molecule has 0 fully saturated rings. The molecule has 2 N–H and O–H groups in total. The normalized spacial score (nSPS) is 16.9. The molecule has 30 heavy (non-hydrogen) atoms. The van der Waals surface area contributed by atoms with Crippen molar-refractivity contribution < 1.29 is 14.4 Å². The highest BCUT2D eigenvalue weighted by molar-refractivity contribution is 6.12. The third-order valence-electron chi connectivity index (χ3n) is 5.31. The molecule has 0 saturated carbocycles. The molecule has 0 radical (unpaired) electrons. The Morgan fingerprint density at radius 1 is 1.07 bits per heavy atom. The van der Waals surface area contributed by atoms with Gasteiger partial charge in [0, 0.05) is 11.0 Å². The molecule has 1 unspecified atom stereocenters. The average molecular weight is 408 g/mol. The lowest BCUT2D eigenvalue weighted by Crippen LogP contribution is -2.50. The highest BCUT2D eigenvalue weighted by atomic mass is 16.2. The number of nitrogens with two attached hydrogens (primary N) is 1. The topological polar surface area (TPSA) is 83.7 Å². The lowest BCUT2D eigenvalue weighted by Gasteiger charge is -2.30. The number of amides is 2. The van der Waals surface area contributed by atoms with Gasteiger partial charge in [0.05, 0.1) is 24.5 Å². The molecule has 6 heteroatoms. The number of carbonyl (C=O) groups is 3. The number of hydrogen-bond acceptors (Lipinski definition) is 4. The summed E-state index contributed by atoms with van der Waals surface area (Å²) in [4.78, 5) is 42.4. The number of aryl methyl sites for hydroxylation is 2. The smallest absolute Gasteiger partial charge is 0.246 e. The van der Waals surface area contributed by atoms with Crippen LogP contribution >= 0.6 is 0 Å². The summed E-state index contributed by atoms with van der Waals surface area (Å²) in [6, 6.07) is 11.9. The van der Waals surface area contributed by atoms with Crippen molar-refractivity contribution in [2.75, 3.05) is 22.9 Å². The van der Waals surface area contributed by atoms with Gasteiger partial charge >= 0.3 is 0 Å². The maximum Gasteiger partial charge on any atom is 0.246 e. The second kappa shape index (κ2) is 8.03. The highest BCUT2D eigenvalue weighted by Crippen LogP contribution is 2.36. The van der Waals surface area contributed by atoms with Crippen molar-refractivity contribution in [3.63, 3.8) is 0 Å². The van der Waals surface area contributed by atoms with E-state index in [1.165, 1.54) is 4.90 Å². The fourth-order valence-corrected chi connectivity index (χ4v) is 3.64. The Hall–Kier alpha value is -2.99. The van der Waals surface area contributed by atoms with E-state index in [0.717, 1.165) is 11.1 Å². The molecule has 0 saturated heterocycles. The molecule has 1 atom stereocenters. The number of hydrogen-bond donors (Lipinski definition) is 1. The summed E-state index contributed by atoms with van der Waals surface area (Å²) < 4.78 is 0. The second-order valence-corrected chi connectivity index (χ2v) is 8.93. The van der Waals surface area contributed by atoms with Crippen LogP contribution in [0.25, 0.3) is 0 Å². The quantitative estimate of drug-likeness (QED) is 0.792. The summed E-state index contributed by atoms with van der Waals surface area (Å²) in [5, 5.41) is 0. The summed E-state index contributed by atoms with van der Waals surface area (Å²) in [6.45, 7) is 9.21. The van der Waals surface area contributed by atoms with Gasteiger partial charge in [-0.1, -0.05) is 51.1 Å². The molecule has 2 aromatic rings. The van der Waals surface area contributed by atoms with Gasteiger partial charge in [-0.3, -0.25) is 14.4 Å². The van der Waals surface area contributed by atoms with E-state index in [1.807, 2.05) is 65.0 Å². The second-order valence-electron chi connectivity index (χ2n) is 8.93. The summed E-state index contributed by atoms with van der Waals surface area (Å²) in [5.74, 6) is -0.660. The van der Waals surface area contributed by atoms with Gasteiger partial charge in [-0.15, -0.1) is 0 Å². The van der Waals surface area contributed by atoms with Gasteiger partial charge < -0.3 is 15.5 Å². The molecule has 158 valence electrons. The van der Waals surface area contributed by atoms with Crippen LogP contribution in [-0.2, 0) is 9.59 Å². The zero-order valence-electron chi connectivity index (χ0n) is 18.2. The number of nitrogens with zero attached hydrogens (tertiary/aromatic N) is 2. The summed E-state index contributed by atoms with van der Waals surface area (Å²) in [5.41, 5.74) is 9.04. The van der Waals surface area contributed by atoms with E-state index < -0.39 is 11.5 Å². The van der Waals surface area contributed by atoms with Gasteiger partial charge in [0.1, 0.15) is 6.04 Å². The number of rotatable bonds is 3. The largest absolute Gasteiger partial charge is 0.318 e. The Labute approximate surface area is 177 Å². The minimum atomic E-state index is -0.923. The van der Waals surface area contributed by atoms with Crippen molar-refractivity contribution in [2.24, 2.45) is 11.1 Å². The monoisotopic (exact) mass is 407 g/mol. The Balaban J connectivity index is 2.09. The van der Waals surface area contributed by atoms with Crippen LogP contribution in [0.3, 0.4) is 0 Å². The number of ketones is 1. The molecule has 0 bridgehead atoms.